The molecule has 0 amide bonds. The predicted molar refractivity (Wildman–Crippen MR) is 104 cm³/mol. The van der Waals surface area contributed by atoms with E-state index in [2.05, 4.69) is 15.6 Å². The zero-order chi connectivity index (χ0) is 18.7. The highest BCUT2D eigenvalue weighted by molar-refractivity contribution is 7.90. The lowest BCUT2D eigenvalue weighted by Crippen LogP contribution is -2.43. The highest BCUT2D eigenvalue weighted by Gasteiger charge is 2.09. The quantitative estimate of drug-likeness (QED) is 0.364. The molecule has 0 fully saturated rings. The Morgan fingerprint density at radius 1 is 1.40 bits per heavy atom. The molecular formula is C17H28ClN3O3S. The average Bonchev–Trinajstić information content (AvgIpc) is 2.52. The van der Waals surface area contributed by atoms with Crippen LogP contribution in [0.25, 0.3) is 0 Å². The number of rotatable bonds is 10. The number of hydrogen-bond donors (Lipinski definition) is 2. The molecule has 1 aromatic rings. The largest absolute Gasteiger partial charge is 0.375 e. The van der Waals surface area contributed by atoms with Crippen LogP contribution in [-0.2, 0) is 21.2 Å². The zero-order valence-electron chi connectivity index (χ0n) is 15.1. The molecule has 0 bridgehead atoms. The molecule has 0 aliphatic rings. The van der Waals surface area contributed by atoms with Gasteiger partial charge in [0.15, 0.2) is 5.96 Å². The smallest absolute Gasteiger partial charge is 0.191 e. The number of aliphatic imine (C=N–C) groups is 1. The number of hydrogen-bond acceptors (Lipinski definition) is 4. The van der Waals surface area contributed by atoms with Crippen LogP contribution in [0.4, 0.5) is 0 Å². The van der Waals surface area contributed by atoms with Gasteiger partial charge in [-0.15, -0.1) is 0 Å². The van der Waals surface area contributed by atoms with E-state index in [1.807, 2.05) is 38.1 Å². The molecule has 25 heavy (non-hydrogen) atoms. The minimum Gasteiger partial charge on any atom is -0.375 e. The van der Waals surface area contributed by atoms with Gasteiger partial charge in [0, 0.05) is 23.9 Å². The van der Waals surface area contributed by atoms with Gasteiger partial charge in [0.1, 0.15) is 9.84 Å². The van der Waals surface area contributed by atoms with Crippen LogP contribution in [0.1, 0.15) is 25.8 Å². The fourth-order valence-electron chi connectivity index (χ4n) is 2.06. The van der Waals surface area contributed by atoms with Crippen molar-refractivity contribution in [3.63, 3.8) is 0 Å². The number of guanidine groups is 1. The lowest BCUT2D eigenvalue weighted by Gasteiger charge is -2.17. The van der Waals surface area contributed by atoms with E-state index in [0.29, 0.717) is 37.2 Å². The van der Waals surface area contributed by atoms with E-state index in [9.17, 15) is 8.42 Å². The van der Waals surface area contributed by atoms with Crippen LogP contribution >= 0.6 is 11.6 Å². The van der Waals surface area contributed by atoms with E-state index in [0.717, 1.165) is 12.1 Å². The van der Waals surface area contributed by atoms with Crippen molar-refractivity contribution < 1.29 is 13.2 Å². The molecule has 0 aliphatic carbocycles. The van der Waals surface area contributed by atoms with Crippen molar-refractivity contribution in [3.8, 4) is 0 Å². The third-order valence-corrected chi connectivity index (χ3v) is 4.52. The summed E-state index contributed by atoms with van der Waals surface area (Å²) in [6.07, 6.45) is 1.78. The van der Waals surface area contributed by atoms with Gasteiger partial charge < -0.3 is 15.4 Å². The van der Waals surface area contributed by atoms with Crippen LogP contribution in [0.2, 0.25) is 5.02 Å². The van der Waals surface area contributed by atoms with Gasteiger partial charge in [-0.1, -0.05) is 23.7 Å². The van der Waals surface area contributed by atoms with E-state index in [-0.39, 0.29) is 11.8 Å². The van der Waals surface area contributed by atoms with Crippen molar-refractivity contribution >= 4 is 27.4 Å². The maximum Gasteiger partial charge on any atom is 0.191 e. The van der Waals surface area contributed by atoms with Gasteiger partial charge in [-0.2, -0.15) is 0 Å². The molecule has 1 unspecified atom stereocenters. The summed E-state index contributed by atoms with van der Waals surface area (Å²) in [5.41, 5.74) is 1.02. The Labute approximate surface area is 155 Å². The highest BCUT2D eigenvalue weighted by Crippen LogP contribution is 2.11. The molecule has 0 saturated carbocycles. The molecule has 2 N–H and O–H groups in total. The van der Waals surface area contributed by atoms with Gasteiger partial charge in [-0.3, -0.25) is 4.99 Å². The third kappa shape index (κ3) is 11.0. The van der Waals surface area contributed by atoms with E-state index in [4.69, 9.17) is 16.3 Å². The molecule has 0 spiro atoms. The lowest BCUT2D eigenvalue weighted by molar-refractivity contribution is 0.128. The summed E-state index contributed by atoms with van der Waals surface area (Å²) >= 11 is 5.93. The maximum atomic E-state index is 11.2. The zero-order valence-corrected chi connectivity index (χ0v) is 16.7. The second-order valence-corrected chi connectivity index (χ2v) is 8.60. The molecule has 142 valence electrons. The summed E-state index contributed by atoms with van der Waals surface area (Å²) in [5.74, 6) is 0.818. The third-order valence-electron chi connectivity index (χ3n) is 3.31. The minimum absolute atomic E-state index is 0.0138. The molecule has 8 heteroatoms. The van der Waals surface area contributed by atoms with E-state index >= 15 is 0 Å². The Balaban J connectivity index is 2.36. The first-order chi connectivity index (χ1) is 11.8. The Morgan fingerprint density at radius 3 is 2.80 bits per heavy atom. The number of nitrogens with one attached hydrogen (secondary N) is 2. The molecular weight excluding hydrogens is 362 g/mol. The van der Waals surface area contributed by atoms with Crippen LogP contribution in [-0.4, -0.2) is 52.1 Å². The van der Waals surface area contributed by atoms with Gasteiger partial charge in [-0.25, -0.2) is 8.42 Å². The summed E-state index contributed by atoms with van der Waals surface area (Å²) in [4.78, 5) is 4.44. The summed E-state index contributed by atoms with van der Waals surface area (Å²) in [6, 6.07) is 7.57. The van der Waals surface area contributed by atoms with Crippen molar-refractivity contribution in [3.05, 3.63) is 34.9 Å². The molecule has 0 aliphatic heterocycles. The molecule has 1 rings (SSSR count). The van der Waals surface area contributed by atoms with Gasteiger partial charge in [0.25, 0.3) is 0 Å². The van der Waals surface area contributed by atoms with Crippen LogP contribution < -0.4 is 10.6 Å². The molecule has 1 atom stereocenters. The normalized spacial score (nSPS) is 13.5. The number of nitrogens with zero attached hydrogens (tertiary/aromatic N) is 1. The summed E-state index contributed by atoms with van der Waals surface area (Å²) in [7, 11) is -2.95. The SMILES string of the molecule is CCNC(=NCCOCc1cccc(Cl)c1)NC(C)CCS(C)(=O)=O. The molecule has 1 aromatic carbocycles. The van der Waals surface area contributed by atoms with Crippen LogP contribution in [0.15, 0.2) is 29.3 Å². The fourth-order valence-corrected chi connectivity index (χ4v) is 3.05. The molecule has 0 saturated heterocycles. The highest BCUT2D eigenvalue weighted by atomic mass is 35.5. The second kappa shape index (κ2) is 11.3. The minimum atomic E-state index is -2.95. The van der Waals surface area contributed by atoms with Crippen molar-refractivity contribution in [2.75, 3.05) is 31.7 Å². The van der Waals surface area contributed by atoms with Crippen molar-refractivity contribution in [1.82, 2.24) is 10.6 Å². The van der Waals surface area contributed by atoms with Gasteiger partial charge in [0.05, 0.1) is 25.5 Å². The topological polar surface area (TPSA) is 79.8 Å². The molecule has 0 radical (unpaired) electrons. The average molecular weight is 390 g/mol. The predicted octanol–water partition coefficient (Wildman–Crippen LogP) is 2.23. The van der Waals surface area contributed by atoms with Crippen LogP contribution in [0.5, 0.6) is 0 Å². The first-order valence-electron chi connectivity index (χ1n) is 8.35. The first kappa shape index (κ1) is 21.7. The van der Waals surface area contributed by atoms with Crippen LogP contribution in [0, 0.1) is 0 Å². The van der Waals surface area contributed by atoms with Crippen LogP contribution in [0.3, 0.4) is 0 Å². The van der Waals surface area contributed by atoms with E-state index in [1.165, 1.54) is 6.26 Å². The maximum absolute atomic E-state index is 11.2. The number of ether oxygens (including phenoxy) is 1. The summed E-state index contributed by atoms with van der Waals surface area (Å²) < 4.78 is 28.1. The Hall–Kier alpha value is -1.31. The Kier molecular flexibility index (Phi) is 9.85. The van der Waals surface area contributed by atoms with Gasteiger partial charge in [0.2, 0.25) is 0 Å². The Morgan fingerprint density at radius 2 is 2.16 bits per heavy atom. The number of halogens is 1. The summed E-state index contributed by atoms with van der Waals surface area (Å²) in [6.45, 7) is 6.13. The van der Waals surface area contributed by atoms with Gasteiger partial charge >= 0.3 is 0 Å². The molecule has 6 nitrogen and oxygen atoms in total. The standard InChI is InChI=1S/C17H28ClN3O3S/c1-4-19-17(21-14(2)8-11-25(3,22)23)20-9-10-24-13-15-6-5-7-16(18)12-15/h5-7,12,14H,4,8-11,13H2,1-3H3,(H2,19,20,21). The van der Waals surface area contributed by atoms with Crippen molar-refractivity contribution in [2.45, 2.75) is 32.9 Å². The van der Waals surface area contributed by atoms with E-state index in [1.54, 1.807) is 0 Å². The first-order valence-corrected chi connectivity index (χ1v) is 10.8. The lowest BCUT2D eigenvalue weighted by atomic mass is 10.2. The van der Waals surface area contributed by atoms with Gasteiger partial charge in [-0.05, 0) is 38.0 Å². The number of sulfone groups is 1. The second-order valence-electron chi connectivity index (χ2n) is 5.91. The molecule has 0 aromatic heterocycles. The molecule has 0 heterocycles. The number of benzene rings is 1. The van der Waals surface area contributed by atoms with E-state index < -0.39 is 9.84 Å². The Bertz CT molecular complexity index is 650. The fraction of sp³-hybridized carbons (Fsp3) is 0.588. The summed E-state index contributed by atoms with van der Waals surface area (Å²) in [5, 5.41) is 7.05. The van der Waals surface area contributed by atoms with Crippen molar-refractivity contribution in [2.24, 2.45) is 4.99 Å². The monoisotopic (exact) mass is 389 g/mol. The van der Waals surface area contributed by atoms with Crippen molar-refractivity contribution in [1.29, 1.82) is 0 Å².